The third-order valence-electron chi connectivity index (χ3n) is 3.67. The molecule has 4 nitrogen and oxygen atoms in total. The van der Waals surface area contributed by atoms with E-state index in [0.29, 0.717) is 31.7 Å². The molecule has 0 aliphatic carbocycles. The topological polar surface area (TPSA) is 49.8 Å². The third-order valence-corrected chi connectivity index (χ3v) is 4.95. The molecule has 0 saturated carbocycles. The largest absolute Gasteiger partial charge is 0.444 e. The Morgan fingerprint density at radius 2 is 1.87 bits per heavy atom. The Kier molecular flexibility index (Phi) is 5.57. The lowest BCUT2D eigenvalue weighted by atomic mass is 9.94. The van der Waals surface area contributed by atoms with Crippen LogP contribution in [0, 0.1) is 5.82 Å². The van der Waals surface area contributed by atoms with E-state index in [4.69, 9.17) is 4.74 Å². The molecule has 2 rings (SSSR count). The lowest BCUT2D eigenvalue weighted by Crippen LogP contribution is -2.49. The molecule has 0 bridgehead atoms. The second-order valence-electron chi connectivity index (χ2n) is 6.93. The predicted molar refractivity (Wildman–Crippen MR) is 89.1 cm³/mol. The summed E-state index contributed by atoms with van der Waals surface area (Å²) in [4.78, 5) is 14.6. The van der Waals surface area contributed by atoms with Gasteiger partial charge in [-0.15, -0.1) is 11.8 Å². The Morgan fingerprint density at radius 3 is 2.39 bits per heavy atom. The Balaban J connectivity index is 1.82. The Labute approximate surface area is 141 Å². The van der Waals surface area contributed by atoms with E-state index in [9.17, 15) is 14.3 Å². The van der Waals surface area contributed by atoms with Crippen molar-refractivity contribution in [3.05, 3.63) is 30.1 Å². The van der Waals surface area contributed by atoms with Crippen molar-refractivity contribution in [2.75, 3.05) is 18.8 Å². The van der Waals surface area contributed by atoms with Gasteiger partial charge in [0.1, 0.15) is 11.4 Å². The molecule has 1 saturated heterocycles. The highest BCUT2D eigenvalue weighted by Crippen LogP contribution is 2.30. The van der Waals surface area contributed by atoms with Crippen LogP contribution in [-0.2, 0) is 4.74 Å². The van der Waals surface area contributed by atoms with E-state index in [-0.39, 0.29) is 11.9 Å². The molecule has 1 aliphatic rings. The number of ether oxygens (including phenoxy) is 1. The zero-order valence-corrected chi connectivity index (χ0v) is 14.7. The molecule has 1 N–H and O–H groups in total. The highest BCUT2D eigenvalue weighted by atomic mass is 32.2. The van der Waals surface area contributed by atoms with Crippen LogP contribution in [0.1, 0.15) is 33.6 Å². The third kappa shape index (κ3) is 5.70. The summed E-state index contributed by atoms with van der Waals surface area (Å²) in [5, 5.41) is 10.6. The molecule has 6 heteroatoms. The lowest BCUT2D eigenvalue weighted by molar-refractivity contribution is -0.0190. The van der Waals surface area contributed by atoms with Crippen molar-refractivity contribution in [1.29, 1.82) is 0 Å². The van der Waals surface area contributed by atoms with Crippen LogP contribution in [0.4, 0.5) is 9.18 Å². The quantitative estimate of drug-likeness (QED) is 0.852. The van der Waals surface area contributed by atoms with Crippen LogP contribution in [0.15, 0.2) is 29.2 Å². The molecule has 0 radical (unpaired) electrons. The fraction of sp³-hybridized carbons (Fsp3) is 0.588. The molecule has 1 fully saturated rings. The van der Waals surface area contributed by atoms with Crippen LogP contribution in [0.3, 0.4) is 0 Å². The number of carbonyl (C=O) groups is 1. The summed E-state index contributed by atoms with van der Waals surface area (Å²) in [5.74, 6) is 0.263. The molecular weight excluding hydrogens is 317 g/mol. The average Bonchev–Trinajstić information content (AvgIpc) is 2.46. The van der Waals surface area contributed by atoms with Crippen LogP contribution < -0.4 is 0 Å². The molecular formula is C17H24FNO3S. The van der Waals surface area contributed by atoms with Gasteiger partial charge in [0.25, 0.3) is 0 Å². The zero-order chi connectivity index (χ0) is 17.1. The molecule has 1 aliphatic heterocycles. The number of thioether (sulfide) groups is 1. The first-order valence-electron chi connectivity index (χ1n) is 7.76. The van der Waals surface area contributed by atoms with Crippen LogP contribution in [0.2, 0.25) is 0 Å². The second-order valence-corrected chi connectivity index (χ2v) is 7.98. The number of carbonyl (C=O) groups excluding carboxylic acids is 1. The maximum absolute atomic E-state index is 12.9. The van der Waals surface area contributed by atoms with E-state index >= 15 is 0 Å². The fourth-order valence-electron chi connectivity index (χ4n) is 2.32. The molecule has 1 aromatic carbocycles. The van der Waals surface area contributed by atoms with E-state index in [0.717, 1.165) is 4.90 Å². The van der Waals surface area contributed by atoms with Gasteiger partial charge in [-0.2, -0.15) is 0 Å². The number of piperidine rings is 1. The van der Waals surface area contributed by atoms with Crippen molar-refractivity contribution in [1.82, 2.24) is 4.90 Å². The number of amides is 1. The van der Waals surface area contributed by atoms with Crippen molar-refractivity contribution in [3.63, 3.8) is 0 Å². The normalized spacial score (nSPS) is 17.9. The summed E-state index contributed by atoms with van der Waals surface area (Å²) < 4.78 is 18.2. The number of aliphatic hydroxyl groups is 1. The van der Waals surface area contributed by atoms with Crippen LogP contribution in [0.25, 0.3) is 0 Å². The number of likely N-dealkylation sites (tertiary alicyclic amines) is 1. The molecule has 0 aromatic heterocycles. The van der Waals surface area contributed by atoms with E-state index in [2.05, 4.69) is 0 Å². The number of nitrogens with zero attached hydrogens (tertiary/aromatic N) is 1. The molecule has 0 unspecified atom stereocenters. The van der Waals surface area contributed by atoms with Crippen molar-refractivity contribution < 1.29 is 19.0 Å². The summed E-state index contributed by atoms with van der Waals surface area (Å²) in [7, 11) is 0. The van der Waals surface area contributed by atoms with Crippen molar-refractivity contribution in [2.45, 2.75) is 49.7 Å². The number of hydrogen-bond acceptors (Lipinski definition) is 4. The standard InChI is InChI=1S/C17H24FNO3S/c1-16(2,3)22-15(20)19-10-8-17(21,9-11-19)12-23-14-6-4-13(18)5-7-14/h4-7,21H,8-12H2,1-3H3. The maximum atomic E-state index is 12.9. The van der Waals surface area contributed by atoms with Crippen LogP contribution in [-0.4, -0.2) is 46.1 Å². The van der Waals surface area contributed by atoms with Gasteiger partial charge in [-0.25, -0.2) is 9.18 Å². The minimum atomic E-state index is -0.808. The lowest BCUT2D eigenvalue weighted by Gasteiger charge is -2.38. The average molecular weight is 341 g/mol. The Morgan fingerprint density at radius 1 is 1.30 bits per heavy atom. The molecule has 1 amide bonds. The number of halogens is 1. The second kappa shape index (κ2) is 7.09. The minimum Gasteiger partial charge on any atom is -0.444 e. The highest BCUT2D eigenvalue weighted by Gasteiger charge is 2.35. The SMILES string of the molecule is CC(C)(C)OC(=O)N1CCC(O)(CSc2ccc(F)cc2)CC1. The van der Waals surface area contributed by atoms with Gasteiger partial charge < -0.3 is 14.7 Å². The maximum Gasteiger partial charge on any atom is 0.410 e. The molecule has 0 spiro atoms. The van der Waals surface area contributed by atoms with Crippen molar-refractivity contribution in [2.24, 2.45) is 0 Å². The van der Waals surface area contributed by atoms with Gasteiger partial charge in [-0.05, 0) is 57.9 Å². The molecule has 128 valence electrons. The van der Waals surface area contributed by atoms with Gasteiger partial charge in [0.05, 0.1) is 5.60 Å². The monoisotopic (exact) mass is 341 g/mol. The molecule has 1 heterocycles. The van der Waals surface area contributed by atoms with Crippen LogP contribution >= 0.6 is 11.8 Å². The Hall–Kier alpha value is -1.27. The first kappa shape index (κ1) is 18.1. The number of hydrogen-bond donors (Lipinski definition) is 1. The van der Waals surface area contributed by atoms with Gasteiger partial charge in [0, 0.05) is 23.7 Å². The van der Waals surface area contributed by atoms with E-state index < -0.39 is 11.2 Å². The van der Waals surface area contributed by atoms with Gasteiger partial charge in [-0.1, -0.05) is 0 Å². The van der Waals surface area contributed by atoms with Crippen molar-refractivity contribution >= 4 is 17.9 Å². The van der Waals surface area contributed by atoms with E-state index in [1.807, 2.05) is 20.8 Å². The molecule has 23 heavy (non-hydrogen) atoms. The minimum absolute atomic E-state index is 0.265. The zero-order valence-electron chi connectivity index (χ0n) is 13.8. The van der Waals surface area contributed by atoms with Crippen LogP contribution in [0.5, 0.6) is 0 Å². The summed E-state index contributed by atoms with van der Waals surface area (Å²) in [6, 6.07) is 6.24. The number of rotatable bonds is 3. The van der Waals surface area contributed by atoms with Gasteiger partial charge >= 0.3 is 6.09 Å². The van der Waals surface area contributed by atoms with Gasteiger partial charge in [0.2, 0.25) is 0 Å². The fourth-order valence-corrected chi connectivity index (χ4v) is 3.38. The predicted octanol–water partition coefficient (Wildman–Crippen LogP) is 3.68. The molecule has 1 aromatic rings. The summed E-state index contributed by atoms with van der Waals surface area (Å²) in [6.07, 6.45) is 0.701. The van der Waals surface area contributed by atoms with Gasteiger partial charge in [0.15, 0.2) is 0 Å². The summed E-state index contributed by atoms with van der Waals surface area (Å²) >= 11 is 1.50. The Bertz CT molecular complexity index is 534. The first-order valence-corrected chi connectivity index (χ1v) is 8.74. The highest BCUT2D eigenvalue weighted by molar-refractivity contribution is 7.99. The summed E-state index contributed by atoms with van der Waals surface area (Å²) in [5.41, 5.74) is -1.32. The first-order chi connectivity index (χ1) is 10.7. The smallest absolute Gasteiger partial charge is 0.410 e. The molecule has 0 atom stereocenters. The van der Waals surface area contributed by atoms with E-state index in [1.165, 1.54) is 23.9 Å². The van der Waals surface area contributed by atoms with Crippen molar-refractivity contribution in [3.8, 4) is 0 Å². The summed E-state index contributed by atoms with van der Waals surface area (Å²) in [6.45, 7) is 6.48. The van der Waals surface area contributed by atoms with E-state index in [1.54, 1.807) is 17.0 Å². The number of benzene rings is 1. The van der Waals surface area contributed by atoms with Gasteiger partial charge in [-0.3, -0.25) is 0 Å².